The van der Waals surface area contributed by atoms with E-state index in [0.717, 1.165) is 12.3 Å². The Morgan fingerprint density at radius 2 is 2.25 bits per heavy atom. The van der Waals surface area contributed by atoms with Gasteiger partial charge in [0, 0.05) is 6.08 Å². The number of hydrogen-bond donors (Lipinski definition) is 2. The third-order valence-electron chi connectivity index (χ3n) is 0.343. The van der Waals surface area contributed by atoms with Crippen LogP contribution in [0.1, 0.15) is 0 Å². The standard InChI is InChI=1S/C3H4BNO3/c5-2-1-3-8-4(6)7/h1,3,6-7H. The van der Waals surface area contributed by atoms with Crippen LogP contribution < -0.4 is 0 Å². The van der Waals surface area contributed by atoms with E-state index in [2.05, 4.69) is 4.65 Å². The Kier molecular flexibility index (Phi) is 3.67. The summed E-state index contributed by atoms with van der Waals surface area (Å²) in [7, 11) is -1.83. The van der Waals surface area contributed by atoms with Gasteiger partial charge in [-0.15, -0.1) is 0 Å². The normalized spacial score (nSPS) is 8.62. The molecule has 0 aromatic rings. The molecule has 42 valence electrons. The van der Waals surface area contributed by atoms with Crippen molar-refractivity contribution in [2.24, 2.45) is 0 Å². The lowest BCUT2D eigenvalue weighted by atomic mass is 10.3. The van der Waals surface area contributed by atoms with E-state index in [0.29, 0.717) is 0 Å². The fraction of sp³-hybridized carbons (Fsp3) is 0. The second-order valence-corrected chi connectivity index (χ2v) is 0.894. The molecule has 0 heterocycles. The minimum absolute atomic E-state index is 0.894. The quantitative estimate of drug-likeness (QED) is 0.274. The zero-order valence-electron chi connectivity index (χ0n) is 3.98. The summed E-state index contributed by atoms with van der Waals surface area (Å²) in [6.07, 6.45) is 1.88. The molecular weight excluding hydrogens is 109 g/mol. The summed E-state index contributed by atoms with van der Waals surface area (Å²) in [6, 6.07) is 1.60. The van der Waals surface area contributed by atoms with Gasteiger partial charge in [-0.2, -0.15) is 5.26 Å². The second kappa shape index (κ2) is 4.18. The first-order valence-corrected chi connectivity index (χ1v) is 1.83. The van der Waals surface area contributed by atoms with Crippen molar-refractivity contribution in [3.8, 4) is 6.07 Å². The van der Waals surface area contributed by atoms with Gasteiger partial charge < -0.3 is 14.7 Å². The Hall–Kier alpha value is -0.985. The topological polar surface area (TPSA) is 73.5 Å². The van der Waals surface area contributed by atoms with Crippen molar-refractivity contribution in [2.45, 2.75) is 0 Å². The van der Waals surface area contributed by atoms with Crippen LogP contribution in [0.15, 0.2) is 12.3 Å². The average molecular weight is 113 g/mol. The molecule has 0 amide bonds. The third kappa shape index (κ3) is 5.01. The van der Waals surface area contributed by atoms with Crippen LogP contribution in [-0.2, 0) is 4.65 Å². The maximum atomic E-state index is 7.95. The highest BCUT2D eigenvalue weighted by molar-refractivity contribution is 6.32. The average Bonchev–Trinajstić information content (AvgIpc) is 1.66. The molecule has 0 aromatic heterocycles. The number of hydrogen-bond acceptors (Lipinski definition) is 4. The molecule has 2 N–H and O–H groups in total. The van der Waals surface area contributed by atoms with Crippen molar-refractivity contribution in [2.75, 3.05) is 0 Å². The highest BCUT2D eigenvalue weighted by Gasteiger charge is 2.05. The van der Waals surface area contributed by atoms with Crippen LogP contribution in [0.5, 0.6) is 0 Å². The SMILES string of the molecule is N#CC=COB(O)O. The van der Waals surface area contributed by atoms with Gasteiger partial charge in [-0.1, -0.05) is 0 Å². The smallest absolute Gasteiger partial charge is 0.518 e. The van der Waals surface area contributed by atoms with Crippen molar-refractivity contribution < 1.29 is 14.7 Å². The molecule has 0 saturated carbocycles. The molecule has 4 nitrogen and oxygen atoms in total. The predicted molar refractivity (Wildman–Crippen MR) is 26.0 cm³/mol. The largest absolute Gasteiger partial charge is 0.707 e. The number of nitriles is 1. The summed E-state index contributed by atoms with van der Waals surface area (Å²) in [5.41, 5.74) is 0. The van der Waals surface area contributed by atoms with Gasteiger partial charge in [0.15, 0.2) is 0 Å². The fourth-order valence-electron chi connectivity index (χ4n) is 0.140. The Morgan fingerprint density at radius 3 is 2.62 bits per heavy atom. The minimum atomic E-state index is -1.83. The van der Waals surface area contributed by atoms with Crippen molar-refractivity contribution >= 4 is 7.32 Å². The molecular formula is C3H4BNO3. The molecule has 0 aliphatic carbocycles. The molecule has 0 aliphatic heterocycles. The van der Waals surface area contributed by atoms with Crippen molar-refractivity contribution in [1.82, 2.24) is 0 Å². The summed E-state index contributed by atoms with van der Waals surface area (Å²) in [5.74, 6) is 0. The molecule has 8 heavy (non-hydrogen) atoms. The lowest BCUT2D eigenvalue weighted by molar-refractivity contribution is 0.257. The Morgan fingerprint density at radius 1 is 1.62 bits per heavy atom. The molecule has 0 fully saturated rings. The third-order valence-corrected chi connectivity index (χ3v) is 0.343. The van der Waals surface area contributed by atoms with E-state index in [1.807, 2.05) is 0 Å². The van der Waals surface area contributed by atoms with Crippen LogP contribution in [0.4, 0.5) is 0 Å². The van der Waals surface area contributed by atoms with Gasteiger partial charge in [0.25, 0.3) is 0 Å². The van der Waals surface area contributed by atoms with Crippen LogP contribution in [0.3, 0.4) is 0 Å². The van der Waals surface area contributed by atoms with Gasteiger partial charge in [-0.05, 0) is 0 Å². The molecule has 0 spiro atoms. The molecule has 0 radical (unpaired) electrons. The molecule has 0 atom stereocenters. The van der Waals surface area contributed by atoms with Crippen LogP contribution in [0.25, 0.3) is 0 Å². The van der Waals surface area contributed by atoms with E-state index in [1.165, 1.54) is 0 Å². The van der Waals surface area contributed by atoms with Crippen LogP contribution in [0, 0.1) is 11.3 Å². The van der Waals surface area contributed by atoms with E-state index >= 15 is 0 Å². The van der Waals surface area contributed by atoms with Gasteiger partial charge in [-0.3, -0.25) is 0 Å². The summed E-state index contributed by atoms with van der Waals surface area (Å²) < 4.78 is 3.99. The minimum Gasteiger partial charge on any atom is -0.518 e. The first-order valence-electron chi connectivity index (χ1n) is 1.83. The Balaban J connectivity index is 3.19. The molecule has 5 heteroatoms. The van der Waals surface area contributed by atoms with Gasteiger partial charge in [0.05, 0.1) is 12.3 Å². The number of allylic oxidation sites excluding steroid dienone is 1. The van der Waals surface area contributed by atoms with E-state index < -0.39 is 7.32 Å². The molecule has 0 unspecified atom stereocenters. The van der Waals surface area contributed by atoms with Gasteiger partial charge in [0.2, 0.25) is 0 Å². The molecule has 0 rings (SSSR count). The Labute approximate surface area is 46.8 Å². The van der Waals surface area contributed by atoms with Gasteiger partial charge >= 0.3 is 7.32 Å². The van der Waals surface area contributed by atoms with Crippen LogP contribution in [0.2, 0.25) is 0 Å². The predicted octanol–water partition coefficient (Wildman–Crippen LogP) is -0.990. The molecule has 0 bridgehead atoms. The Bertz CT molecular complexity index is 116. The second-order valence-electron chi connectivity index (χ2n) is 0.894. The molecule has 0 aromatic carbocycles. The summed E-state index contributed by atoms with van der Waals surface area (Å²) in [5, 5.41) is 23.7. The molecule has 0 aliphatic rings. The highest BCUT2D eigenvalue weighted by atomic mass is 16.6. The van der Waals surface area contributed by atoms with E-state index in [4.69, 9.17) is 15.3 Å². The lowest BCUT2D eigenvalue weighted by Crippen LogP contribution is -2.12. The van der Waals surface area contributed by atoms with E-state index in [1.54, 1.807) is 6.07 Å². The zero-order valence-corrected chi connectivity index (χ0v) is 3.98. The van der Waals surface area contributed by atoms with Crippen molar-refractivity contribution in [1.29, 1.82) is 5.26 Å². The summed E-state index contributed by atoms with van der Waals surface area (Å²) >= 11 is 0. The van der Waals surface area contributed by atoms with E-state index in [9.17, 15) is 0 Å². The molecule has 0 saturated heterocycles. The zero-order chi connectivity index (χ0) is 6.41. The van der Waals surface area contributed by atoms with Gasteiger partial charge in [0.1, 0.15) is 0 Å². The van der Waals surface area contributed by atoms with Crippen LogP contribution >= 0.6 is 0 Å². The highest BCUT2D eigenvalue weighted by Crippen LogP contribution is 1.75. The van der Waals surface area contributed by atoms with Crippen LogP contribution in [-0.4, -0.2) is 17.4 Å². The maximum absolute atomic E-state index is 7.95. The van der Waals surface area contributed by atoms with Gasteiger partial charge in [-0.25, -0.2) is 0 Å². The van der Waals surface area contributed by atoms with Crippen molar-refractivity contribution in [3.63, 3.8) is 0 Å². The fourth-order valence-corrected chi connectivity index (χ4v) is 0.140. The lowest BCUT2D eigenvalue weighted by Gasteiger charge is -1.91. The summed E-state index contributed by atoms with van der Waals surface area (Å²) in [6.45, 7) is 0. The first-order chi connectivity index (χ1) is 3.77. The number of rotatable bonds is 2. The first kappa shape index (κ1) is 7.01. The summed E-state index contributed by atoms with van der Waals surface area (Å²) in [4.78, 5) is 0. The monoisotopic (exact) mass is 113 g/mol. The van der Waals surface area contributed by atoms with E-state index in [-0.39, 0.29) is 0 Å². The number of nitrogens with zero attached hydrogens (tertiary/aromatic N) is 1. The van der Waals surface area contributed by atoms with Crippen molar-refractivity contribution in [3.05, 3.63) is 12.3 Å². The maximum Gasteiger partial charge on any atom is 0.707 e.